The van der Waals surface area contributed by atoms with E-state index in [1.807, 2.05) is 6.92 Å². The summed E-state index contributed by atoms with van der Waals surface area (Å²) in [5, 5.41) is 12.1. The van der Waals surface area contributed by atoms with Crippen LogP contribution < -0.4 is 10.1 Å². The van der Waals surface area contributed by atoms with Crippen molar-refractivity contribution in [1.29, 1.82) is 0 Å². The number of carbonyl (C=O) groups is 2. The van der Waals surface area contributed by atoms with Crippen molar-refractivity contribution in [1.82, 2.24) is 10.2 Å². The van der Waals surface area contributed by atoms with E-state index in [1.165, 1.54) is 18.2 Å². The Bertz CT molecular complexity index is 1240. The Balaban J connectivity index is 1.63. The number of carboxylic acids is 1. The minimum Gasteiger partial charge on any atom is -0.493 e. The van der Waals surface area contributed by atoms with Gasteiger partial charge in [-0.3, -0.25) is 4.79 Å². The molecule has 0 bridgehead atoms. The van der Waals surface area contributed by atoms with Crippen molar-refractivity contribution in [3.05, 3.63) is 88.5 Å². The summed E-state index contributed by atoms with van der Waals surface area (Å²) in [5.74, 6) is -1.07. The van der Waals surface area contributed by atoms with E-state index in [4.69, 9.17) is 4.74 Å². The first kappa shape index (κ1) is 24.2. The minimum absolute atomic E-state index is 0.152. The Labute approximate surface area is 202 Å². The molecule has 0 aromatic heterocycles. The predicted molar refractivity (Wildman–Crippen MR) is 127 cm³/mol. The van der Waals surface area contributed by atoms with Gasteiger partial charge in [-0.2, -0.15) is 0 Å². The number of rotatable bonds is 7. The molecule has 3 aromatic carbocycles. The summed E-state index contributed by atoms with van der Waals surface area (Å²) < 4.78 is 33.6. The lowest BCUT2D eigenvalue weighted by atomic mass is 9.89. The molecule has 1 aliphatic heterocycles. The lowest BCUT2D eigenvalue weighted by molar-refractivity contribution is -0.136. The van der Waals surface area contributed by atoms with E-state index < -0.39 is 5.97 Å². The Hall–Kier alpha value is -3.94. The maximum absolute atomic E-state index is 14.7. The monoisotopic (exact) mass is 480 g/mol. The number of ether oxygens (including phenoxy) is 1. The highest BCUT2D eigenvalue weighted by Crippen LogP contribution is 2.38. The second-order valence-electron chi connectivity index (χ2n) is 8.34. The van der Waals surface area contributed by atoms with E-state index in [0.717, 1.165) is 5.56 Å². The molecule has 0 unspecified atom stereocenters. The number of aliphatic carboxylic acids is 1. The Morgan fingerprint density at radius 1 is 1.00 bits per heavy atom. The molecule has 182 valence electrons. The fraction of sp³-hybridized carbons (Fsp3) is 0.259. The van der Waals surface area contributed by atoms with E-state index in [2.05, 4.69) is 5.32 Å². The number of hydrogen-bond acceptors (Lipinski definition) is 3. The van der Waals surface area contributed by atoms with Crippen LogP contribution in [0.25, 0.3) is 11.1 Å². The standard InChI is InChI=1S/C27H26F2N2O4/c1-2-35-25-10-5-18(14-26(32)33)13-22(25)20-8-9-24(29)21-11-12-31(16-23(20)21)27(34)30-15-17-3-6-19(28)7-4-17/h3-10,13H,2,11-12,14-16H2,1H3,(H,30,34)(H,32,33). The number of carbonyl (C=O) groups excluding carboxylic acids is 1. The largest absolute Gasteiger partial charge is 0.493 e. The fourth-order valence-electron chi connectivity index (χ4n) is 4.30. The second kappa shape index (κ2) is 10.5. The van der Waals surface area contributed by atoms with Crippen molar-refractivity contribution in [3.63, 3.8) is 0 Å². The normalized spacial score (nSPS) is 12.7. The lowest BCUT2D eigenvalue weighted by Gasteiger charge is -2.31. The van der Waals surface area contributed by atoms with Crippen LogP contribution in [0.3, 0.4) is 0 Å². The highest BCUT2D eigenvalue weighted by atomic mass is 19.1. The lowest BCUT2D eigenvalue weighted by Crippen LogP contribution is -2.42. The van der Waals surface area contributed by atoms with Gasteiger partial charge in [0.05, 0.1) is 13.0 Å². The molecule has 0 spiro atoms. The number of urea groups is 1. The van der Waals surface area contributed by atoms with Crippen molar-refractivity contribution < 1.29 is 28.2 Å². The van der Waals surface area contributed by atoms with E-state index in [0.29, 0.717) is 53.1 Å². The van der Waals surface area contributed by atoms with E-state index >= 15 is 0 Å². The third-order valence-corrected chi connectivity index (χ3v) is 5.99. The van der Waals surface area contributed by atoms with Crippen LogP contribution in [0.4, 0.5) is 13.6 Å². The maximum Gasteiger partial charge on any atom is 0.317 e. The van der Waals surface area contributed by atoms with Gasteiger partial charge in [-0.15, -0.1) is 0 Å². The van der Waals surface area contributed by atoms with Gasteiger partial charge in [0, 0.05) is 25.2 Å². The van der Waals surface area contributed by atoms with Crippen LogP contribution in [0.15, 0.2) is 54.6 Å². The average Bonchev–Trinajstić information content (AvgIpc) is 2.84. The SMILES string of the molecule is CCOc1ccc(CC(=O)O)cc1-c1ccc(F)c2c1CN(C(=O)NCc1ccc(F)cc1)CC2. The Morgan fingerprint density at radius 2 is 1.74 bits per heavy atom. The highest BCUT2D eigenvalue weighted by Gasteiger charge is 2.26. The first-order chi connectivity index (χ1) is 16.9. The van der Waals surface area contributed by atoms with Crippen LogP contribution in [-0.4, -0.2) is 35.2 Å². The van der Waals surface area contributed by atoms with E-state index in [9.17, 15) is 23.5 Å². The van der Waals surface area contributed by atoms with Crippen LogP contribution in [0.1, 0.15) is 29.2 Å². The second-order valence-corrected chi connectivity index (χ2v) is 8.34. The third-order valence-electron chi connectivity index (χ3n) is 5.99. The third kappa shape index (κ3) is 5.59. The van der Waals surface area contributed by atoms with Crippen molar-refractivity contribution in [2.45, 2.75) is 32.9 Å². The summed E-state index contributed by atoms with van der Waals surface area (Å²) >= 11 is 0. The average molecular weight is 481 g/mol. The number of nitrogens with zero attached hydrogens (tertiary/aromatic N) is 1. The molecule has 4 rings (SSSR count). The number of carboxylic acid groups (broad SMARTS) is 1. The molecule has 2 N–H and O–H groups in total. The van der Waals surface area contributed by atoms with Gasteiger partial charge in [-0.25, -0.2) is 13.6 Å². The van der Waals surface area contributed by atoms with E-state index in [-0.39, 0.29) is 37.2 Å². The number of amides is 2. The summed E-state index contributed by atoms with van der Waals surface area (Å²) in [6, 6.07) is 13.8. The van der Waals surface area contributed by atoms with Crippen molar-refractivity contribution in [2.24, 2.45) is 0 Å². The first-order valence-corrected chi connectivity index (χ1v) is 11.4. The van der Waals surface area contributed by atoms with Gasteiger partial charge in [-0.1, -0.05) is 24.3 Å². The van der Waals surface area contributed by atoms with Crippen LogP contribution in [0, 0.1) is 11.6 Å². The molecule has 0 atom stereocenters. The van der Waals surface area contributed by atoms with Crippen molar-refractivity contribution >= 4 is 12.0 Å². The molecule has 0 radical (unpaired) electrons. The molecule has 0 fully saturated rings. The Kier molecular flexibility index (Phi) is 7.29. The molecule has 2 amide bonds. The quantitative estimate of drug-likeness (QED) is 0.503. The molecular formula is C27H26F2N2O4. The highest BCUT2D eigenvalue weighted by molar-refractivity contribution is 5.79. The molecule has 3 aromatic rings. The van der Waals surface area contributed by atoms with Crippen LogP contribution in [-0.2, 0) is 30.7 Å². The molecule has 0 saturated heterocycles. The summed E-state index contributed by atoms with van der Waals surface area (Å²) in [4.78, 5) is 25.7. The summed E-state index contributed by atoms with van der Waals surface area (Å²) in [6.45, 7) is 3.03. The van der Waals surface area contributed by atoms with E-state index in [1.54, 1.807) is 41.3 Å². The maximum atomic E-state index is 14.7. The van der Waals surface area contributed by atoms with Gasteiger partial charge >= 0.3 is 12.0 Å². The predicted octanol–water partition coefficient (Wildman–Crippen LogP) is 4.93. The van der Waals surface area contributed by atoms with Gasteiger partial charge in [0.25, 0.3) is 0 Å². The van der Waals surface area contributed by atoms with Crippen LogP contribution in [0.5, 0.6) is 5.75 Å². The van der Waals surface area contributed by atoms with Crippen molar-refractivity contribution in [3.8, 4) is 16.9 Å². The number of nitrogens with one attached hydrogen (secondary N) is 1. The molecule has 6 nitrogen and oxygen atoms in total. The van der Waals surface area contributed by atoms with Crippen molar-refractivity contribution in [2.75, 3.05) is 13.2 Å². The number of halogens is 2. The zero-order valence-electron chi connectivity index (χ0n) is 19.3. The minimum atomic E-state index is -0.953. The number of fused-ring (bicyclic) bond motifs is 1. The molecule has 35 heavy (non-hydrogen) atoms. The van der Waals surface area contributed by atoms with Gasteiger partial charge in [0.1, 0.15) is 17.4 Å². The molecule has 0 aliphatic carbocycles. The first-order valence-electron chi connectivity index (χ1n) is 11.4. The van der Waals surface area contributed by atoms with Gasteiger partial charge in [-0.05, 0) is 71.5 Å². The topological polar surface area (TPSA) is 78.9 Å². The smallest absolute Gasteiger partial charge is 0.317 e. The zero-order valence-corrected chi connectivity index (χ0v) is 19.3. The molecular weight excluding hydrogens is 454 g/mol. The molecule has 1 heterocycles. The fourth-order valence-corrected chi connectivity index (χ4v) is 4.30. The summed E-state index contributed by atoms with van der Waals surface area (Å²) in [7, 11) is 0. The van der Waals surface area contributed by atoms with Gasteiger partial charge in [0.15, 0.2) is 0 Å². The molecule has 0 saturated carbocycles. The van der Waals surface area contributed by atoms with Crippen LogP contribution >= 0.6 is 0 Å². The summed E-state index contributed by atoms with van der Waals surface area (Å²) in [6.07, 6.45) is 0.193. The van der Waals surface area contributed by atoms with Gasteiger partial charge < -0.3 is 20.1 Å². The van der Waals surface area contributed by atoms with Gasteiger partial charge in [0.2, 0.25) is 0 Å². The zero-order chi connectivity index (χ0) is 24.9. The molecule has 8 heteroatoms. The van der Waals surface area contributed by atoms with Crippen LogP contribution in [0.2, 0.25) is 0 Å². The Morgan fingerprint density at radius 3 is 2.46 bits per heavy atom. The number of hydrogen-bond donors (Lipinski definition) is 2. The number of benzene rings is 3. The molecule has 1 aliphatic rings. The summed E-state index contributed by atoms with van der Waals surface area (Å²) in [5.41, 5.74) is 3.93.